The Balaban J connectivity index is 2.23. The SMILES string of the molecule is Cc1ccc(S(=O)(=O)n2cnc3ccccc32)cc1Cl. The zero-order chi connectivity index (χ0) is 14.3. The van der Waals surface area contributed by atoms with E-state index >= 15 is 0 Å². The second kappa shape index (κ2) is 4.61. The minimum atomic E-state index is -3.69. The second-order valence-electron chi connectivity index (χ2n) is 4.45. The van der Waals surface area contributed by atoms with Crippen LogP contribution in [0.2, 0.25) is 5.02 Å². The summed E-state index contributed by atoms with van der Waals surface area (Å²) in [6.45, 7) is 1.82. The number of imidazole rings is 1. The van der Waals surface area contributed by atoms with Crippen molar-refractivity contribution in [3.63, 3.8) is 0 Å². The van der Waals surface area contributed by atoms with Gasteiger partial charge in [-0.25, -0.2) is 17.4 Å². The van der Waals surface area contributed by atoms with Crippen molar-refractivity contribution in [3.8, 4) is 0 Å². The fourth-order valence-electron chi connectivity index (χ4n) is 1.98. The summed E-state index contributed by atoms with van der Waals surface area (Å²) in [7, 11) is -3.69. The van der Waals surface area contributed by atoms with Crippen molar-refractivity contribution in [2.24, 2.45) is 0 Å². The van der Waals surface area contributed by atoms with Crippen molar-refractivity contribution in [1.82, 2.24) is 8.96 Å². The van der Waals surface area contributed by atoms with E-state index in [1.807, 2.05) is 13.0 Å². The summed E-state index contributed by atoms with van der Waals surface area (Å²) in [6.07, 6.45) is 1.31. The van der Waals surface area contributed by atoms with Crippen molar-refractivity contribution in [1.29, 1.82) is 0 Å². The molecule has 3 aromatic rings. The third-order valence-corrected chi connectivity index (χ3v) is 5.19. The van der Waals surface area contributed by atoms with Gasteiger partial charge in [0.1, 0.15) is 6.33 Å². The molecule has 0 radical (unpaired) electrons. The van der Waals surface area contributed by atoms with Crippen LogP contribution in [0, 0.1) is 6.92 Å². The quantitative estimate of drug-likeness (QED) is 0.730. The molecule has 0 fully saturated rings. The Morgan fingerprint density at radius 1 is 1.15 bits per heavy atom. The van der Waals surface area contributed by atoms with E-state index in [1.54, 1.807) is 30.3 Å². The Labute approximate surface area is 121 Å². The Hall–Kier alpha value is -1.85. The lowest BCUT2D eigenvalue weighted by Gasteiger charge is -2.08. The molecule has 0 bridgehead atoms. The fourth-order valence-corrected chi connectivity index (χ4v) is 3.54. The van der Waals surface area contributed by atoms with E-state index in [-0.39, 0.29) is 4.90 Å². The standard InChI is InChI=1S/C14H11ClN2O2S/c1-10-6-7-11(8-12(10)15)20(18,19)17-9-16-13-4-2-3-5-14(13)17/h2-9H,1H3. The van der Waals surface area contributed by atoms with Crippen LogP contribution in [-0.2, 0) is 10.0 Å². The number of nitrogens with zero attached hydrogens (tertiary/aromatic N) is 2. The number of aryl methyl sites for hydroxylation is 1. The molecular weight excluding hydrogens is 296 g/mol. The molecular formula is C14H11ClN2O2S. The average Bonchev–Trinajstić information content (AvgIpc) is 2.86. The smallest absolute Gasteiger partial charge is 0.236 e. The number of fused-ring (bicyclic) bond motifs is 1. The molecule has 0 saturated heterocycles. The summed E-state index contributed by atoms with van der Waals surface area (Å²) in [5.74, 6) is 0. The van der Waals surface area contributed by atoms with Gasteiger partial charge in [-0.3, -0.25) is 0 Å². The zero-order valence-electron chi connectivity index (χ0n) is 10.6. The van der Waals surface area contributed by atoms with Crippen LogP contribution in [0.3, 0.4) is 0 Å². The van der Waals surface area contributed by atoms with E-state index < -0.39 is 10.0 Å². The lowest BCUT2D eigenvalue weighted by Crippen LogP contribution is -2.11. The van der Waals surface area contributed by atoms with Crippen LogP contribution in [0.4, 0.5) is 0 Å². The highest BCUT2D eigenvalue weighted by Gasteiger charge is 2.20. The molecule has 0 N–H and O–H groups in total. The summed E-state index contributed by atoms with van der Waals surface area (Å²) < 4.78 is 26.4. The number of benzene rings is 2. The first kappa shape index (κ1) is 13.1. The predicted molar refractivity (Wildman–Crippen MR) is 78.5 cm³/mol. The molecule has 0 aliphatic rings. The summed E-state index contributed by atoms with van der Waals surface area (Å²) in [6, 6.07) is 11.8. The van der Waals surface area contributed by atoms with E-state index in [1.165, 1.54) is 16.4 Å². The van der Waals surface area contributed by atoms with E-state index in [0.717, 1.165) is 5.56 Å². The van der Waals surface area contributed by atoms with E-state index in [2.05, 4.69) is 4.98 Å². The molecule has 4 nitrogen and oxygen atoms in total. The molecule has 2 aromatic carbocycles. The van der Waals surface area contributed by atoms with Gasteiger partial charge in [0.25, 0.3) is 10.0 Å². The Morgan fingerprint density at radius 2 is 1.90 bits per heavy atom. The van der Waals surface area contributed by atoms with Crippen molar-refractivity contribution in [2.75, 3.05) is 0 Å². The van der Waals surface area contributed by atoms with Gasteiger partial charge in [-0.15, -0.1) is 0 Å². The van der Waals surface area contributed by atoms with Crippen LogP contribution < -0.4 is 0 Å². The molecule has 0 amide bonds. The second-order valence-corrected chi connectivity index (χ2v) is 6.67. The lowest BCUT2D eigenvalue weighted by atomic mass is 10.2. The molecule has 20 heavy (non-hydrogen) atoms. The van der Waals surface area contributed by atoms with Gasteiger partial charge in [-0.05, 0) is 36.8 Å². The minimum Gasteiger partial charge on any atom is -0.236 e. The summed E-state index contributed by atoms with van der Waals surface area (Å²) in [5, 5.41) is 0.426. The summed E-state index contributed by atoms with van der Waals surface area (Å²) in [5.41, 5.74) is 2.01. The minimum absolute atomic E-state index is 0.149. The van der Waals surface area contributed by atoms with Crippen LogP contribution in [0.1, 0.15) is 5.56 Å². The maximum atomic E-state index is 12.6. The third kappa shape index (κ3) is 1.99. The summed E-state index contributed by atoms with van der Waals surface area (Å²) in [4.78, 5) is 4.25. The number of hydrogen-bond donors (Lipinski definition) is 0. The van der Waals surface area contributed by atoms with Crippen molar-refractivity contribution in [2.45, 2.75) is 11.8 Å². The van der Waals surface area contributed by atoms with E-state index in [9.17, 15) is 8.42 Å². The molecule has 0 aliphatic heterocycles. The predicted octanol–water partition coefficient (Wildman–Crippen LogP) is 3.24. The molecule has 0 atom stereocenters. The van der Waals surface area contributed by atoms with Crippen molar-refractivity contribution in [3.05, 3.63) is 59.4 Å². The van der Waals surface area contributed by atoms with Crippen LogP contribution in [-0.4, -0.2) is 17.4 Å². The molecule has 0 unspecified atom stereocenters. The zero-order valence-corrected chi connectivity index (χ0v) is 12.2. The number of rotatable bonds is 2. The molecule has 1 aromatic heterocycles. The molecule has 102 valence electrons. The highest BCUT2D eigenvalue weighted by Crippen LogP contribution is 2.24. The van der Waals surface area contributed by atoms with Crippen LogP contribution in [0.15, 0.2) is 53.7 Å². The molecule has 0 spiro atoms. The van der Waals surface area contributed by atoms with Gasteiger partial charge in [0, 0.05) is 5.02 Å². The van der Waals surface area contributed by atoms with Crippen molar-refractivity contribution >= 4 is 32.7 Å². The molecule has 1 heterocycles. The molecule has 6 heteroatoms. The van der Waals surface area contributed by atoms with Gasteiger partial charge in [0.15, 0.2) is 0 Å². The number of aromatic nitrogens is 2. The maximum absolute atomic E-state index is 12.6. The van der Waals surface area contributed by atoms with Gasteiger partial charge < -0.3 is 0 Å². The highest BCUT2D eigenvalue weighted by molar-refractivity contribution is 7.90. The number of para-hydroxylation sites is 2. The molecule has 0 saturated carbocycles. The van der Waals surface area contributed by atoms with E-state index in [0.29, 0.717) is 16.1 Å². The van der Waals surface area contributed by atoms with Crippen LogP contribution in [0.5, 0.6) is 0 Å². The molecule has 3 rings (SSSR count). The summed E-state index contributed by atoms with van der Waals surface area (Å²) >= 11 is 6.01. The van der Waals surface area contributed by atoms with E-state index in [4.69, 9.17) is 11.6 Å². The average molecular weight is 307 g/mol. The number of hydrogen-bond acceptors (Lipinski definition) is 3. The van der Waals surface area contributed by atoms with Gasteiger partial charge in [-0.1, -0.05) is 29.8 Å². The maximum Gasteiger partial charge on any atom is 0.269 e. The fraction of sp³-hybridized carbons (Fsp3) is 0.0714. The first-order chi connectivity index (χ1) is 9.50. The monoisotopic (exact) mass is 306 g/mol. The third-order valence-electron chi connectivity index (χ3n) is 3.12. The van der Waals surface area contributed by atoms with Gasteiger partial charge in [0.2, 0.25) is 0 Å². The topological polar surface area (TPSA) is 52.0 Å². The lowest BCUT2D eigenvalue weighted by molar-refractivity contribution is 0.588. The normalized spacial score (nSPS) is 11.9. The Bertz CT molecular complexity index is 900. The highest BCUT2D eigenvalue weighted by atomic mass is 35.5. The Kier molecular flexibility index (Phi) is 3.03. The van der Waals surface area contributed by atoms with Crippen molar-refractivity contribution < 1.29 is 8.42 Å². The Morgan fingerprint density at radius 3 is 2.65 bits per heavy atom. The van der Waals surface area contributed by atoms with Crippen LogP contribution >= 0.6 is 11.6 Å². The van der Waals surface area contributed by atoms with Gasteiger partial charge in [-0.2, -0.15) is 0 Å². The largest absolute Gasteiger partial charge is 0.269 e. The van der Waals surface area contributed by atoms with Gasteiger partial charge in [0.05, 0.1) is 15.9 Å². The number of halogens is 1. The van der Waals surface area contributed by atoms with Gasteiger partial charge >= 0.3 is 0 Å². The molecule has 0 aliphatic carbocycles. The first-order valence-electron chi connectivity index (χ1n) is 5.94. The first-order valence-corrected chi connectivity index (χ1v) is 7.76. The van der Waals surface area contributed by atoms with Crippen LogP contribution in [0.25, 0.3) is 11.0 Å².